The normalized spacial score (nSPS) is 13.8. The summed E-state index contributed by atoms with van der Waals surface area (Å²) in [6.07, 6.45) is 3.07. The molecule has 19 heavy (non-hydrogen) atoms. The van der Waals surface area contributed by atoms with Crippen molar-refractivity contribution in [3.8, 4) is 0 Å². The lowest BCUT2D eigenvalue weighted by atomic mass is 10.0. The van der Waals surface area contributed by atoms with Gasteiger partial charge in [0.15, 0.2) is 0 Å². The minimum Gasteiger partial charge on any atom is -0.463 e. The number of aliphatic hydroxyl groups is 1. The van der Waals surface area contributed by atoms with Gasteiger partial charge in [-0.05, 0) is 38.1 Å². The number of furan rings is 1. The van der Waals surface area contributed by atoms with E-state index in [1.165, 1.54) is 6.20 Å². The van der Waals surface area contributed by atoms with Crippen molar-refractivity contribution in [2.45, 2.75) is 19.4 Å². The first-order valence-corrected chi connectivity index (χ1v) is 5.96. The molecule has 100 valence electrons. The lowest BCUT2D eigenvalue weighted by Gasteiger charge is -2.21. The molecule has 2 N–H and O–H groups in total. The van der Waals surface area contributed by atoms with Crippen LogP contribution in [0.3, 0.4) is 0 Å². The van der Waals surface area contributed by atoms with Gasteiger partial charge in [-0.1, -0.05) is 0 Å². The maximum absolute atomic E-state index is 11.8. The summed E-state index contributed by atoms with van der Waals surface area (Å²) in [5.74, 6) is 0.863. The third kappa shape index (κ3) is 3.20. The number of aryl methyl sites for hydroxylation is 1. The Bertz CT molecular complexity index is 561. The molecule has 2 rings (SSSR count). The van der Waals surface area contributed by atoms with Gasteiger partial charge in [0.1, 0.15) is 17.1 Å². The summed E-state index contributed by atoms with van der Waals surface area (Å²) >= 11 is 0. The Balaban J connectivity index is 2.00. The summed E-state index contributed by atoms with van der Waals surface area (Å²) in [6.45, 7) is 3.45. The second kappa shape index (κ2) is 5.24. The summed E-state index contributed by atoms with van der Waals surface area (Å²) < 4.78 is 5.37. The summed E-state index contributed by atoms with van der Waals surface area (Å²) in [6, 6.07) is 6.81. The van der Waals surface area contributed by atoms with E-state index in [4.69, 9.17) is 4.42 Å². The molecule has 0 bridgehead atoms. The molecule has 0 aliphatic rings. The summed E-state index contributed by atoms with van der Waals surface area (Å²) in [5.41, 5.74) is -0.791. The maximum Gasteiger partial charge on any atom is 0.252 e. The Hall–Kier alpha value is -2.14. The van der Waals surface area contributed by atoms with Gasteiger partial charge in [-0.15, -0.1) is 0 Å². The maximum atomic E-state index is 11.8. The van der Waals surface area contributed by atoms with Gasteiger partial charge >= 0.3 is 0 Å². The number of pyridine rings is 1. The van der Waals surface area contributed by atoms with Crippen molar-refractivity contribution in [2.75, 3.05) is 6.54 Å². The van der Waals surface area contributed by atoms with Crippen molar-refractivity contribution in [1.82, 2.24) is 10.3 Å². The molecule has 0 saturated heterocycles. The van der Waals surface area contributed by atoms with Gasteiger partial charge in [-0.3, -0.25) is 9.78 Å². The van der Waals surface area contributed by atoms with Gasteiger partial charge in [0.25, 0.3) is 5.91 Å². The average Bonchev–Trinajstić information content (AvgIpc) is 2.85. The number of hydrogen-bond donors (Lipinski definition) is 2. The zero-order chi connectivity index (χ0) is 13.9. The Morgan fingerprint density at radius 3 is 2.84 bits per heavy atom. The standard InChI is InChI=1S/C14H16N2O3/c1-10-5-6-12(19-10)14(2,18)9-16-13(17)11-4-3-7-15-8-11/h3-8,18H,9H2,1-2H3,(H,16,17). The molecule has 0 saturated carbocycles. The average molecular weight is 260 g/mol. The Morgan fingerprint density at radius 2 is 2.26 bits per heavy atom. The van der Waals surface area contributed by atoms with E-state index in [0.717, 1.165) is 0 Å². The topological polar surface area (TPSA) is 75.4 Å². The van der Waals surface area contributed by atoms with Crippen LogP contribution in [0.15, 0.2) is 41.1 Å². The highest BCUT2D eigenvalue weighted by Gasteiger charge is 2.27. The van der Waals surface area contributed by atoms with Crippen LogP contribution >= 0.6 is 0 Å². The van der Waals surface area contributed by atoms with Crippen LogP contribution in [0.2, 0.25) is 0 Å². The number of aromatic nitrogens is 1. The molecule has 0 aromatic carbocycles. The quantitative estimate of drug-likeness (QED) is 0.876. The van der Waals surface area contributed by atoms with Crippen LogP contribution in [0.5, 0.6) is 0 Å². The van der Waals surface area contributed by atoms with Crippen molar-refractivity contribution in [1.29, 1.82) is 0 Å². The fraction of sp³-hybridized carbons (Fsp3) is 0.286. The predicted octanol–water partition coefficient (Wildman–Crippen LogP) is 1.62. The monoisotopic (exact) mass is 260 g/mol. The molecule has 1 amide bonds. The van der Waals surface area contributed by atoms with Crippen molar-refractivity contribution in [3.05, 3.63) is 53.7 Å². The Labute approximate surface area is 111 Å². The Kier molecular flexibility index (Phi) is 3.66. The van der Waals surface area contributed by atoms with Crippen molar-refractivity contribution < 1.29 is 14.3 Å². The summed E-state index contributed by atoms with van der Waals surface area (Å²) in [7, 11) is 0. The first-order chi connectivity index (χ1) is 8.99. The lowest BCUT2D eigenvalue weighted by Crippen LogP contribution is -2.38. The molecule has 2 aromatic rings. The van der Waals surface area contributed by atoms with E-state index in [1.54, 1.807) is 44.3 Å². The second-order valence-electron chi connectivity index (χ2n) is 4.61. The molecule has 0 aliphatic carbocycles. The minimum absolute atomic E-state index is 0.0632. The molecule has 5 nitrogen and oxygen atoms in total. The van der Waals surface area contributed by atoms with E-state index in [-0.39, 0.29) is 12.5 Å². The van der Waals surface area contributed by atoms with Gasteiger partial charge in [-0.2, -0.15) is 0 Å². The van der Waals surface area contributed by atoms with E-state index in [0.29, 0.717) is 17.1 Å². The molecule has 2 aromatic heterocycles. The molecule has 5 heteroatoms. The number of nitrogens with one attached hydrogen (secondary N) is 1. The van der Waals surface area contributed by atoms with Crippen LogP contribution in [-0.4, -0.2) is 22.5 Å². The largest absolute Gasteiger partial charge is 0.463 e. The number of rotatable bonds is 4. The van der Waals surface area contributed by atoms with Gasteiger partial charge in [0.05, 0.1) is 12.1 Å². The van der Waals surface area contributed by atoms with Crippen molar-refractivity contribution in [2.24, 2.45) is 0 Å². The predicted molar refractivity (Wildman–Crippen MR) is 69.6 cm³/mol. The molecular formula is C14H16N2O3. The first-order valence-electron chi connectivity index (χ1n) is 5.96. The number of carbonyl (C=O) groups excluding carboxylic acids is 1. The molecule has 0 spiro atoms. The van der Waals surface area contributed by atoms with E-state index >= 15 is 0 Å². The van der Waals surface area contributed by atoms with E-state index in [2.05, 4.69) is 10.3 Å². The zero-order valence-corrected chi connectivity index (χ0v) is 10.9. The summed E-state index contributed by atoms with van der Waals surface area (Å²) in [5, 5.41) is 12.9. The molecule has 1 atom stereocenters. The van der Waals surface area contributed by atoms with Gasteiger partial charge < -0.3 is 14.8 Å². The van der Waals surface area contributed by atoms with E-state index in [1.807, 2.05) is 0 Å². The highest BCUT2D eigenvalue weighted by atomic mass is 16.4. The SMILES string of the molecule is Cc1ccc(C(C)(O)CNC(=O)c2cccnc2)o1. The number of hydrogen-bond acceptors (Lipinski definition) is 4. The zero-order valence-electron chi connectivity index (χ0n) is 10.9. The second-order valence-corrected chi connectivity index (χ2v) is 4.61. The third-order valence-corrected chi connectivity index (χ3v) is 2.79. The Morgan fingerprint density at radius 1 is 1.47 bits per heavy atom. The first kappa shape index (κ1) is 13.3. The highest BCUT2D eigenvalue weighted by molar-refractivity contribution is 5.93. The molecule has 0 radical (unpaired) electrons. The molecular weight excluding hydrogens is 244 g/mol. The van der Waals surface area contributed by atoms with Crippen LogP contribution in [0.25, 0.3) is 0 Å². The van der Waals surface area contributed by atoms with Crippen molar-refractivity contribution >= 4 is 5.91 Å². The number of amides is 1. The molecule has 2 heterocycles. The van der Waals surface area contributed by atoms with E-state index in [9.17, 15) is 9.90 Å². The van der Waals surface area contributed by atoms with Crippen LogP contribution in [0.1, 0.15) is 28.8 Å². The smallest absolute Gasteiger partial charge is 0.252 e. The van der Waals surface area contributed by atoms with Gasteiger partial charge in [0, 0.05) is 12.4 Å². The molecule has 1 unspecified atom stereocenters. The van der Waals surface area contributed by atoms with E-state index < -0.39 is 5.60 Å². The fourth-order valence-electron chi connectivity index (χ4n) is 1.66. The van der Waals surface area contributed by atoms with Crippen molar-refractivity contribution in [3.63, 3.8) is 0 Å². The number of nitrogens with zero attached hydrogens (tertiary/aromatic N) is 1. The van der Waals surface area contributed by atoms with Crippen LogP contribution in [0, 0.1) is 6.92 Å². The molecule has 0 aliphatic heterocycles. The van der Waals surface area contributed by atoms with Crippen LogP contribution in [0.4, 0.5) is 0 Å². The van der Waals surface area contributed by atoms with Crippen LogP contribution in [-0.2, 0) is 5.60 Å². The summed E-state index contributed by atoms with van der Waals surface area (Å²) in [4.78, 5) is 15.7. The lowest BCUT2D eigenvalue weighted by molar-refractivity contribution is 0.0323. The van der Waals surface area contributed by atoms with Gasteiger partial charge in [0.2, 0.25) is 0 Å². The van der Waals surface area contributed by atoms with Crippen LogP contribution < -0.4 is 5.32 Å². The third-order valence-electron chi connectivity index (χ3n) is 2.79. The fourth-order valence-corrected chi connectivity index (χ4v) is 1.66. The molecule has 0 fully saturated rings. The highest BCUT2D eigenvalue weighted by Crippen LogP contribution is 2.21. The minimum atomic E-state index is -1.24. The van der Waals surface area contributed by atoms with Gasteiger partial charge in [-0.25, -0.2) is 0 Å². The number of carbonyl (C=O) groups is 1.